The highest BCUT2D eigenvalue weighted by molar-refractivity contribution is 9.11. The zero-order valence-corrected chi connectivity index (χ0v) is 16.3. The van der Waals surface area contributed by atoms with Crippen LogP contribution in [0.15, 0.2) is 51.5 Å². The number of hydrogen-bond acceptors (Lipinski definition) is 3. The number of ether oxygens (including phenoxy) is 1. The summed E-state index contributed by atoms with van der Waals surface area (Å²) >= 11 is 6.81. The van der Waals surface area contributed by atoms with Crippen molar-refractivity contribution in [3.8, 4) is 5.75 Å². The predicted octanol–water partition coefficient (Wildman–Crippen LogP) is 4.89. The Morgan fingerprint density at radius 2 is 1.92 bits per heavy atom. The summed E-state index contributed by atoms with van der Waals surface area (Å²) < 4.78 is 8.63. The van der Waals surface area contributed by atoms with E-state index in [4.69, 9.17) is 4.74 Å². The Morgan fingerprint density at radius 3 is 2.60 bits per heavy atom. The zero-order chi connectivity index (χ0) is 18.1. The Morgan fingerprint density at radius 1 is 1.20 bits per heavy atom. The van der Waals surface area contributed by atoms with E-state index in [1.54, 1.807) is 24.3 Å². The first-order valence-electron chi connectivity index (χ1n) is 7.33. The lowest BCUT2D eigenvalue weighted by molar-refractivity contribution is 0.0699. The van der Waals surface area contributed by atoms with Crippen molar-refractivity contribution in [1.82, 2.24) is 4.57 Å². The molecule has 1 aromatic heterocycles. The Labute approximate surface area is 160 Å². The standard InChI is InChI=1S/C18H13Br2NO4/c1-10-6-11(19)7-14(20)17(10)25-9-16(22)21-8-13(18(23)24)12-4-2-3-5-15(12)21/h2-8H,9H2,1H3,(H,23,24). The molecule has 1 heterocycles. The molecule has 0 amide bonds. The van der Waals surface area contributed by atoms with Crippen LogP contribution in [0, 0.1) is 6.92 Å². The van der Waals surface area contributed by atoms with Gasteiger partial charge in [0.15, 0.2) is 6.61 Å². The summed E-state index contributed by atoms with van der Waals surface area (Å²) in [6.45, 7) is 1.67. The zero-order valence-electron chi connectivity index (χ0n) is 13.1. The molecule has 0 fully saturated rings. The van der Waals surface area contributed by atoms with Gasteiger partial charge < -0.3 is 9.84 Å². The Kier molecular flexibility index (Phi) is 4.96. The third-order valence-corrected chi connectivity index (χ3v) is 4.79. The number of aryl methyl sites for hydroxylation is 1. The molecule has 0 aliphatic heterocycles. The fourth-order valence-corrected chi connectivity index (χ4v) is 4.18. The van der Waals surface area contributed by atoms with Crippen molar-refractivity contribution >= 4 is 54.6 Å². The molecule has 3 aromatic rings. The van der Waals surface area contributed by atoms with Crippen molar-refractivity contribution in [2.45, 2.75) is 6.92 Å². The molecule has 128 valence electrons. The second kappa shape index (κ2) is 7.01. The minimum absolute atomic E-state index is 0.0879. The van der Waals surface area contributed by atoms with Crippen molar-refractivity contribution in [2.24, 2.45) is 0 Å². The highest BCUT2D eigenvalue weighted by Gasteiger charge is 2.18. The summed E-state index contributed by atoms with van der Waals surface area (Å²) in [5, 5.41) is 9.84. The highest BCUT2D eigenvalue weighted by atomic mass is 79.9. The average molecular weight is 467 g/mol. The van der Waals surface area contributed by atoms with E-state index in [0.29, 0.717) is 16.7 Å². The lowest BCUT2D eigenvalue weighted by atomic mass is 10.2. The number of fused-ring (bicyclic) bond motifs is 1. The molecule has 0 bridgehead atoms. The van der Waals surface area contributed by atoms with Crippen LogP contribution in [0.2, 0.25) is 0 Å². The summed E-state index contributed by atoms with van der Waals surface area (Å²) in [6.07, 6.45) is 1.34. The van der Waals surface area contributed by atoms with Crippen molar-refractivity contribution < 1.29 is 19.4 Å². The van der Waals surface area contributed by atoms with Gasteiger partial charge in [0, 0.05) is 16.1 Å². The lowest BCUT2D eigenvalue weighted by Gasteiger charge is -2.12. The van der Waals surface area contributed by atoms with Gasteiger partial charge >= 0.3 is 5.97 Å². The van der Waals surface area contributed by atoms with E-state index >= 15 is 0 Å². The first-order valence-corrected chi connectivity index (χ1v) is 8.92. The van der Waals surface area contributed by atoms with Gasteiger partial charge in [-0.2, -0.15) is 0 Å². The number of carbonyl (C=O) groups excluding carboxylic acids is 1. The summed E-state index contributed by atoms with van der Waals surface area (Å²) in [4.78, 5) is 24.0. The largest absolute Gasteiger partial charge is 0.482 e. The van der Waals surface area contributed by atoms with Crippen LogP contribution in [-0.4, -0.2) is 28.2 Å². The van der Waals surface area contributed by atoms with Crippen LogP contribution < -0.4 is 4.74 Å². The topological polar surface area (TPSA) is 68.5 Å². The molecule has 1 N–H and O–H groups in total. The number of aromatic carboxylic acids is 1. The van der Waals surface area contributed by atoms with E-state index in [2.05, 4.69) is 31.9 Å². The van der Waals surface area contributed by atoms with Crippen molar-refractivity contribution in [2.75, 3.05) is 6.61 Å². The van der Waals surface area contributed by atoms with E-state index < -0.39 is 5.97 Å². The molecule has 3 rings (SSSR count). The van der Waals surface area contributed by atoms with Crippen molar-refractivity contribution in [3.05, 3.63) is 62.7 Å². The quantitative estimate of drug-likeness (QED) is 0.594. The molecule has 2 aromatic carbocycles. The Balaban J connectivity index is 1.90. The summed E-state index contributed by atoms with van der Waals surface area (Å²) in [5.41, 5.74) is 1.50. The first-order chi connectivity index (χ1) is 11.9. The molecule has 0 saturated carbocycles. The number of aromatic nitrogens is 1. The number of benzene rings is 2. The van der Waals surface area contributed by atoms with Crippen LogP contribution in [0.1, 0.15) is 20.7 Å². The molecular formula is C18H13Br2NO4. The van der Waals surface area contributed by atoms with E-state index in [-0.39, 0.29) is 18.1 Å². The van der Waals surface area contributed by atoms with Crippen molar-refractivity contribution in [1.29, 1.82) is 0 Å². The number of nitrogens with zero attached hydrogens (tertiary/aromatic N) is 1. The minimum Gasteiger partial charge on any atom is -0.482 e. The molecule has 0 aliphatic carbocycles. The van der Waals surface area contributed by atoms with E-state index in [1.165, 1.54) is 10.8 Å². The molecule has 0 spiro atoms. The number of halogens is 2. The molecule has 0 saturated heterocycles. The number of carboxylic acid groups (broad SMARTS) is 1. The monoisotopic (exact) mass is 465 g/mol. The predicted molar refractivity (Wildman–Crippen MR) is 102 cm³/mol. The van der Waals surface area contributed by atoms with E-state index in [9.17, 15) is 14.7 Å². The number of carbonyl (C=O) groups is 2. The number of para-hydroxylation sites is 1. The smallest absolute Gasteiger partial charge is 0.337 e. The number of carboxylic acids is 1. The average Bonchev–Trinajstić information content (AvgIpc) is 2.93. The minimum atomic E-state index is -1.07. The maximum Gasteiger partial charge on any atom is 0.337 e. The van der Waals surface area contributed by atoms with Gasteiger partial charge in [-0.25, -0.2) is 4.79 Å². The molecule has 25 heavy (non-hydrogen) atoms. The third-order valence-electron chi connectivity index (χ3n) is 3.75. The summed E-state index contributed by atoms with van der Waals surface area (Å²) in [6, 6.07) is 10.6. The molecule has 0 aliphatic rings. The van der Waals surface area contributed by atoms with Crippen LogP contribution in [-0.2, 0) is 0 Å². The third kappa shape index (κ3) is 3.48. The van der Waals surface area contributed by atoms with Gasteiger partial charge in [0.25, 0.3) is 5.91 Å². The molecule has 0 radical (unpaired) electrons. The molecule has 0 atom stereocenters. The Bertz CT molecular complexity index is 971. The van der Waals surface area contributed by atoms with Gasteiger partial charge in [-0.1, -0.05) is 34.1 Å². The van der Waals surface area contributed by atoms with Gasteiger partial charge in [0.1, 0.15) is 5.75 Å². The summed E-state index contributed by atoms with van der Waals surface area (Å²) in [7, 11) is 0. The maximum absolute atomic E-state index is 12.6. The number of rotatable bonds is 4. The second-order valence-corrected chi connectivity index (χ2v) is 7.22. The van der Waals surface area contributed by atoms with Crippen LogP contribution in [0.25, 0.3) is 10.9 Å². The number of hydrogen-bond donors (Lipinski definition) is 1. The van der Waals surface area contributed by atoms with Gasteiger partial charge in [0.2, 0.25) is 0 Å². The van der Waals surface area contributed by atoms with Crippen LogP contribution >= 0.6 is 31.9 Å². The SMILES string of the molecule is Cc1cc(Br)cc(Br)c1OCC(=O)n1cc(C(=O)O)c2ccccc21. The second-order valence-electron chi connectivity index (χ2n) is 5.45. The maximum atomic E-state index is 12.6. The molecule has 0 unspecified atom stereocenters. The first kappa shape index (κ1) is 17.7. The van der Waals surface area contributed by atoms with Crippen molar-refractivity contribution in [3.63, 3.8) is 0 Å². The van der Waals surface area contributed by atoms with Gasteiger partial charge in [0.05, 0.1) is 15.6 Å². The van der Waals surface area contributed by atoms with E-state index in [1.807, 2.05) is 19.1 Å². The van der Waals surface area contributed by atoms with Gasteiger partial charge in [-0.15, -0.1) is 0 Å². The molecule has 5 nitrogen and oxygen atoms in total. The van der Waals surface area contributed by atoms with Gasteiger partial charge in [-0.3, -0.25) is 9.36 Å². The Hall–Kier alpha value is -2.12. The molecular weight excluding hydrogens is 454 g/mol. The van der Waals surface area contributed by atoms with Crippen LogP contribution in [0.3, 0.4) is 0 Å². The van der Waals surface area contributed by atoms with E-state index in [0.717, 1.165) is 14.5 Å². The van der Waals surface area contributed by atoms with Crippen LogP contribution in [0.5, 0.6) is 5.75 Å². The fourth-order valence-electron chi connectivity index (χ4n) is 2.63. The summed E-state index contributed by atoms with van der Waals surface area (Å²) in [5.74, 6) is -0.848. The molecule has 7 heteroatoms. The lowest BCUT2D eigenvalue weighted by Crippen LogP contribution is -2.19. The van der Waals surface area contributed by atoms with Crippen LogP contribution in [0.4, 0.5) is 0 Å². The van der Waals surface area contributed by atoms with Gasteiger partial charge in [-0.05, 0) is 46.6 Å². The highest BCUT2D eigenvalue weighted by Crippen LogP contribution is 2.32. The fraction of sp³-hybridized carbons (Fsp3) is 0.111. The normalized spacial score (nSPS) is 10.8.